The van der Waals surface area contributed by atoms with Gasteiger partial charge in [0.2, 0.25) is 0 Å². The molecule has 1 atom stereocenters. The van der Waals surface area contributed by atoms with Crippen molar-refractivity contribution in [1.82, 2.24) is 4.98 Å². The van der Waals surface area contributed by atoms with E-state index in [1.807, 2.05) is 6.07 Å². The Hall–Kier alpha value is -1.87. The third-order valence-electron chi connectivity index (χ3n) is 3.78. The molecule has 1 aliphatic rings. The van der Waals surface area contributed by atoms with E-state index in [4.69, 9.17) is 16.3 Å². The van der Waals surface area contributed by atoms with Crippen LogP contribution in [0, 0.1) is 0 Å². The van der Waals surface area contributed by atoms with Crippen molar-refractivity contribution in [3.63, 3.8) is 0 Å². The number of rotatable bonds is 4. The van der Waals surface area contributed by atoms with Gasteiger partial charge in [0, 0.05) is 11.2 Å². The zero-order valence-corrected chi connectivity index (χ0v) is 12.3. The number of benzene rings is 1. The predicted molar refractivity (Wildman–Crippen MR) is 81.9 cm³/mol. The molecule has 21 heavy (non-hydrogen) atoms. The molecular weight excluding hydrogens is 286 g/mol. The van der Waals surface area contributed by atoms with E-state index in [1.54, 1.807) is 30.5 Å². The van der Waals surface area contributed by atoms with E-state index in [0.717, 1.165) is 25.0 Å². The minimum Gasteiger partial charge on any atom is -0.486 e. The number of hydrogen-bond acceptors (Lipinski definition) is 3. The Kier molecular flexibility index (Phi) is 4.20. The highest BCUT2D eigenvalue weighted by atomic mass is 35.5. The smallest absolute Gasteiger partial charge is 0.179 e. The summed E-state index contributed by atoms with van der Waals surface area (Å²) in [7, 11) is 0. The van der Waals surface area contributed by atoms with Crippen LogP contribution in [0.25, 0.3) is 0 Å². The first-order chi connectivity index (χ1) is 10.2. The molecule has 0 saturated heterocycles. The number of Topliss-reactive ketones (excluding diaryl/α,β-unsaturated/α-hetero) is 1. The number of carbonyl (C=O) groups excluding carboxylic acids is 1. The van der Waals surface area contributed by atoms with Crippen LogP contribution in [0.15, 0.2) is 42.6 Å². The number of ether oxygens (including phenoxy) is 1. The Balaban J connectivity index is 1.68. The van der Waals surface area contributed by atoms with E-state index in [0.29, 0.717) is 10.8 Å². The van der Waals surface area contributed by atoms with Gasteiger partial charge in [0.05, 0.1) is 11.6 Å². The largest absolute Gasteiger partial charge is 0.486 e. The van der Waals surface area contributed by atoms with E-state index < -0.39 is 0 Å². The monoisotopic (exact) mass is 301 g/mol. The molecule has 3 nitrogen and oxygen atoms in total. The van der Waals surface area contributed by atoms with Crippen LogP contribution in [0.1, 0.15) is 30.0 Å². The normalized spacial score (nSPS) is 17.1. The lowest BCUT2D eigenvalue weighted by molar-refractivity contribution is -0.122. The summed E-state index contributed by atoms with van der Waals surface area (Å²) in [5.74, 6) is 0.608. The van der Waals surface area contributed by atoms with Crippen LogP contribution in [0.3, 0.4) is 0 Å². The number of pyridine rings is 1. The van der Waals surface area contributed by atoms with Crippen LogP contribution in [0.4, 0.5) is 0 Å². The second-order valence-corrected chi connectivity index (χ2v) is 5.64. The average Bonchev–Trinajstić information content (AvgIpc) is 2.53. The SMILES string of the molecule is O=C(COc1ccc(Cl)cc1)C1CCCc2cccnc21. The lowest BCUT2D eigenvalue weighted by atomic mass is 9.84. The molecule has 1 aliphatic carbocycles. The van der Waals surface area contributed by atoms with Crippen molar-refractivity contribution in [2.24, 2.45) is 0 Å². The maximum Gasteiger partial charge on any atom is 0.179 e. The third-order valence-corrected chi connectivity index (χ3v) is 4.03. The summed E-state index contributed by atoms with van der Waals surface area (Å²) in [6.07, 6.45) is 4.64. The first kappa shape index (κ1) is 14.1. The van der Waals surface area contributed by atoms with Gasteiger partial charge in [0.25, 0.3) is 0 Å². The van der Waals surface area contributed by atoms with Gasteiger partial charge in [0.15, 0.2) is 5.78 Å². The highest BCUT2D eigenvalue weighted by Crippen LogP contribution is 2.30. The average molecular weight is 302 g/mol. The highest BCUT2D eigenvalue weighted by molar-refractivity contribution is 6.30. The van der Waals surface area contributed by atoms with Gasteiger partial charge in [-0.2, -0.15) is 0 Å². The quantitative estimate of drug-likeness (QED) is 0.862. The molecule has 1 unspecified atom stereocenters. The number of halogens is 1. The maximum atomic E-state index is 12.4. The van der Waals surface area contributed by atoms with Crippen molar-refractivity contribution in [3.8, 4) is 5.75 Å². The predicted octanol–water partition coefficient (Wildman–Crippen LogP) is 3.80. The van der Waals surface area contributed by atoms with Gasteiger partial charge in [-0.3, -0.25) is 9.78 Å². The number of aromatic nitrogens is 1. The van der Waals surface area contributed by atoms with E-state index in [1.165, 1.54) is 5.56 Å². The summed E-state index contributed by atoms with van der Waals surface area (Å²) in [4.78, 5) is 16.8. The van der Waals surface area contributed by atoms with Crippen LogP contribution in [-0.2, 0) is 11.2 Å². The van der Waals surface area contributed by atoms with Crippen LogP contribution < -0.4 is 4.74 Å². The van der Waals surface area contributed by atoms with Crippen molar-refractivity contribution in [1.29, 1.82) is 0 Å². The van der Waals surface area contributed by atoms with Gasteiger partial charge in [-0.15, -0.1) is 0 Å². The van der Waals surface area contributed by atoms with E-state index in [-0.39, 0.29) is 18.3 Å². The lowest BCUT2D eigenvalue weighted by Crippen LogP contribution is -2.24. The molecule has 108 valence electrons. The fourth-order valence-electron chi connectivity index (χ4n) is 2.71. The van der Waals surface area contributed by atoms with E-state index >= 15 is 0 Å². The summed E-state index contributed by atoms with van der Waals surface area (Å²) < 4.78 is 5.56. The van der Waals surface area contributed by atoms with Crippen molar-refractivity contribution in [3.05, 3.63) is 58.9 Å². The summed E-state index contributed by atoms with van der Waals surface area (Å²) in [5, 5.41) is 0.652. The summed E-state index contributed by atoms with van der Waals surface area (Å²) in [5.41, 5.74) is 2.11. The first-order valence-electron chi connectivity index (χ1n) is 7.09. The van der Waals surface area contributed by atoms with Crippen molar-refractivity contribution >= 4 is 17.4 Å². The molecule has 0 bridgehead atoms. The van der Waals surface area contributed by atoms with Gasteiger partial charge in [-0.05, 0) is 55.2 Å². The molecule has 1 aromatic heterocycles. The molecule has 0 fully saturated rings. The number of fused-ring (bicyclic) bond motifs is 1. The molecule has 2 aromatic rings. The second-order valence-electron chi connectivity index (χ2n) is 5.20. The number of aryl methyl sites for hydroxylation is 1. The molecule has 0 radical (unpaired) electrons. The van der Waals surface area contributed by atoms with Crippen LogP contribution >= 0.6 is 11.6 Å². The third kappa shape index (κ3) is 3.24. The maximum absolute atomic E-state index is 12.4. The molecule has 4 heteroatoms. The van der Waals surface area contributed by atoms with Gasteiger partial charge in [-0.25, -0.2) is 0 Å². The highest BCUT2D eigenvalue weighted by Gasteiger charge is 2.27. The first-order valence-corrected chi connectivity index (χ1v) is 7.47. The molecule has 3 rings (SSSR count). The molecule has 0 amide bonds. The van der Waals surface area contributed by atoms with Gasteiger partial charge < -0.3 is 4.74 Å². The van der Waals surface area contributed by atoms with Gasteiger partial charge in [-0.1, -0.05) is 17.7 Å². The Morgan fingerprint density at radius 1 is 1.29 bits per heavy atom. The molecule has 0 N–H and O–H groups in total. The number of hydrogen-bond donors (Lipinski definition) is 0. The minimum absolute atomic E-state index is 0.0717. The Morgan fingerprint density at radius 3 is 2.90 bits per heavy atom. The second kappa shape index (κ2) is 6.27. The summed E-state index contributed by atoms with van der Waals surface area (Å²) >= 11 is 5.82. The van der Waals surface area contributed by atoms with Crippen molar-refractivity contribution in [2.75, 3.05) is 6.61 Å². The van der Waals surface area contributed by atoms with Gasteiger partial charge >= 0.3 is 0 Å². The standard InChI is InChI=1S/C17H16ClNO2/c18-13-6-8-14(9-7-13)21-11-16(20)15-5-1-3-12-4-2-10-19-17(12)15/h2,4,6-10,15H,1,3,5,11H2. The fraction of sp³-hybridized carbons (Fsp3) is 0.294. The van der Waals surface area contributed by atoms with Crippen LogP contribution in [0.5, 0.6) is 5.75 Å². The van der Waals surface area contributed by atoms with Crippen molar-refractivity contribution in [2.45, 2.75) is 25.2 Å². The number of nitrogens with zero attached hydrogens (tertiary/aromatic N) is 1. The van der Waals surface area contributed by atoms with E-state index in [9.17, 15) is 4.79 Å². The van der Waals surface area contributed by atoms with Crippen molar-refractivity contribution < 1.29 is 9.53 Å². The molecule has 1 heterocycles. The summed E-state index contributed by atoms with van der Waals surface area (Å²) in [6, 6.07) is 11.0. The number of ketones is 1. The lowest BCUT2D eigenvalue weighted by Gasteiger charge is -2.23. The zero-order valence-electron chi connectivity index (χ0n) is 11.6. The topological polar surface area (TPSA) is 39.2 Å². The molecular formula is C17H16ClNO2. The van der Waals surface area contributed by atoms with Crippen LogP contribution in [0.2, 0.25) is 5.02 Å². The fourth-order valence-corrected chi connectivity index (χ4v) is 2.83. The Morgan fingerprint density at radius 2 is 2.10 bits per heavy atom. The Bertz CT molecular complexity index is 639. The summed E-state index contributed by atoms with van der Waals surface area (Å²) in [6.45, 7) is 0.0717. The van der Waals surface area contributed by atoms with E-state index in [2.05, 4.69) is 11.1 Å². The zero-order chi connectivity index (χ0) is 14.7. The molecule has 0 spiro atoms. The molecule has 0 aliphatic heterocycles. The van der Waals surface area contributed by atoms with Crippen LogP contribution in [-0.4, -0.2) is 17.4 Å². The molecule has 0 saturated carbocycles. The minimum atomic E-state index is -0.137. The number of carbonyl (C=O) groups is 1. The van der Waals surface area contributed by atoms with Gasteiger partial charge in [0.1, 0.15) is 12.4 Å². The molecule has 1 aromatic carbocycles. The Labute approximate surface area is 128 Å².